The van der Waals surface area contributed by atoms with Gasteiger partial charge in [0, 0.05) is 20.1 Å². The number of anilines is 1. The second-order valence-corrected chi connectivity index (χ2v) is 4.86. The molecule has 2 heterocycles. The summed E-state index contributed by atoms with van der Waals surface area (Å²) in [6, 6.07) is 3.78. The molecule has 0 aliphatic rings. The first-order chi connectivity index (χ1) is 9.08. The van der Waals surface area contributed by atoms with Crippen LogP contribution in [0.2, 0.25) is 0 Å². The molecule has 0 radical (unpaired) electrons. The highest BCUT2D eigenvalue weighted by Gasteiger charge is 2.06. The van der Waals surface area contributed by atoms with Gasteiger partial charge in [0.15, 0.2) is 5.65 Å². The third kappa shape index (κ3) is 3.34. The monoisotopic (exact) mass is 327 g/mol. The fraction of sp³-hybridized carbons (Fsp3) is 0.364. The van der Waals surface area contributed by atoms with Gasteiger partial charge < -0.3 is 15.3 Å². The minimum atomic E-state index is -0.996. The van der Waals surface area contributed by atoms with Gasteiger partial charge in [0.25, 0.3) is 0 Å². The molecule has 0 aliphatic carbocycles. The lowest BCUT2D eigenvalue weighted by molar-refractivity contribution is 0.194. The minimum Gasteiger partial charge on any atom is -0.465 e. The molecule has 0 unspecified atom stereocenters. The molecule has 0 spiro atoms. The number of rotatable bonds is 5. The molecule has 19 heavy (non-hydrogen) atoms. The van der Waals surface area contributed by atoms with Crippen LogP contribution in [-0.4, -0.2) is 45.9 Å². The Kier molecular flexibility index (Phi) is 4.20. The van der Waals surface area contributed by atoms with E-state index in [1.165, 1.54) is 0 Å². The van der Waals surface area contributed by atoms with Crippen LogP contribution in [0.15, 0.2) is 22.9 Å². The number of aromatic nitrogens is 3. The Morgan fingerprint density at radius 3 is 3.11 bits per heavy atom. The van der Waals surface area contributed by atoms with Gasteiger partial charge >= 0.3 is 6.09 Å². The van der Waals surface area contributed by atoms with Gasteiger partial charge in [0.2, 0.25) is 0 Å². The Bertz CT molecular complexity index is 585. The molecule has 0 aliphatic heterocycles. The highest BCUT2D eigenvalue weighted by atomic mass is 79.9. The summed E-state index contributed by atoms with van der Waals surface area (Å²) in [6.45, 7) is 1.14. The van der Waals surface area contributed by atoms with Crippen molar-refractivity contribution in [2.45, 2.75) is 6.42 Å². The van der Waals surface area contributed by atoms with E-state index in [2.05, 4.69) is 31.3 Å². The molecule has 0 atom stereocenters. The average Bonchev–Trinajstić information content (AvgIpc) is 2.75. The number of hydrogen-bond donors (Lipinski definition) is 2. The van der Waals surface area contributed by atoms with E-state index in [1.54, 1.807) is 10.7 Å². The summed E-state index contributed by atoms with van der Waals surface area (Å²) in [5, 5.41) is 15.2. The van der Waals surface area contributed by atoms with Crippen molar-refractivity contribution in [1.82, 2.24) is 19.9 Å². The molecule has 0 saturated carbocycles. The van der Waals surface area contributed by atoms with Crippen LogP contribution < -0.4 is 10.2 Å². The predicted octanol–water partition coefficient (Wildman–Crippen LogP) is 1.59. The van der Waals surface area contributed by atoms with Crippen molar-refractivity contribution in [3.05, 3.63) is 22.9 Å². The first-order valence-corrected chi connectivity index (χ1v) is 6.55. The van der Waals surface area contributed by atoms with Crippen LogP contribution >= 0.6 is 15.9 Å². The molecule has 2 aromatic heterocycles. The van der Waals surface area contributed by atoms with E-state index in [1.807, 2.05) is 24.1 Å². The van der Waals surface area contributed by atoms with E-state index < -0.39 is 6.09 Å². The van der Waals surface area contributed by atoms with Crippen molar-refractivity contribution in [2.75, 3.05) is 25.0 Å². The standard InChI is InChI=1S/C11H14BrN5O2/c1-16(6-2-5-13-11(18)19)10-4-3-9-14-7-8(12)17(9)15-10/h3-4,7,13H,2,5-6H2,1H3,(H,18,19). The molecular formula is C11H14BrN5O2. The Balaban J connectivity index is 1.98. The average molecular weight is 328 g/mol. The first-order valence-electron chi connectivity index (χ1n) is 5.76. The molecule has 2 N–H and O–H groups in total. The van der Waals surface area contributed by atoms with Crippen molar-refractivity contribution >= 4 is 33.5 Å². The van der Waals surface area contributed by atoms with Crippen molar-refractivity contribution in [3.63, 3.8) is 0 Å². The number of fused-ring (bicyclic) bond motifs is 1. The highest BCUT2D eigenvalue weighted by molar-refractivity contribution is 9.10. The maximum Gasteiger partial charge on any atom is 0.404 e. The molecule has 0 fully saturated rings. The van der Waals surface area contributed by atoms with Crippen LogP contribution in [-0.2, 0) is 0 Å². The fourth-order valence-corrected chi connectivity index (χ4v) is 2.03. The zero-order valence-corrected chi connectivity index (χ0v) is 12.0. The molecule has 2 aromatic rings. The maximum atomic E-state index is 10.3. The van der Waals surface area contributed by atoms with Crippen LogP contribution in [0.25, 0.3) is 5.65 Å². The van der Waals surface area contributed by atoms with Crippen molar-refractivity contribution < 1.29 is 9.90 Å². The summed E-state index contributed by atoms with van der Waals surface area (Å²) in [7, 11) is 1.92. The van der Waals surface area contributed by atoms with Gasteiger partial charge in [-0.1, -0.05) is 0 Å². The van der Waals surface area contributed by atoms with Crippen molar-refractivity contribution in [1.29, 1.82) is 0 Å². The summed E-state index contributed by atoms with van der Waals surface area (Å²) < 4.78 is 2.51. The van der Waals surface area contributed by atoms with Gasteiger partial charge in [-0.2, -0.15) is 0 Å². The van der Waals surface area contributed by atoms with Crippen LogP contribution in [0.1, 0.15) is 6.42 Å². The van der Waals surface area contributed by atoms with Gasteiger partial charge in [-0.3, -0.25) is 0 Å². The van der Waals surface area contributed by atoms with E-state index in [4.69, 9.17) is 5.11 Å². The SMILES string of the molecule is CN(CCCNC(=O)O)c1ccc2ncc(Br)n2n1. The Morgan fingerprint density at radius 1 is 1.58 bits per heavy atom. The molecule has 7 nitrogen and oxygen atoms in total. The third-order valence-electron chi connectivity index (χ3n) is 2.64. The highest BCUT2D eigenvalue weighted by Crippen LogP contribution is 2.15. The molecule has 0 saturated heterocycles. The van der Waals surface area contributed by atoms with Crippen LogP contribution in [0.3, 0.4) is 0 Å². The third-order valence-corrected chi connectivity index (χ3v) is 3.18. The summed E-state index contributed by atoms with van der Waals surface area (Å²) >= 11 is 3.37. The molecule has 1 amide bonds. The van der Waals surface area contributed by atoms with Gasteiger partial charge in [0.05, 0.1) is 6.20 Å². The van der Waals surface area contributed by atoms with Gasteiger partial charge in [-0.25, -0.2) is 14.3 Å². The number of carboxylic acid groups (broad SMARTS) is 1. The van der Waals surface area contributed by atoms with Crippen molar-refractivity contribution in [2.24, 2.45) is 0 Å². The molecule has 0 aromatic carbocycles. The largest absolute Gasteiger partial charge is 0.465 e. The number of hydrogen-bond acceptors (Lipinski definition) is 4. The Morgan fingerprint density at radius 2 is 2.37 bits per heavy atom. The van der Waals surface area contributed by atoms with Gasteiger partial charge in [-0.05, 0) is 34.5 Å². The van der Waals surface area contributed by atoms with E-state index in [0.29, 0.717) is 19.5 Å². The summed E-state index contributed by atoms with van der Waals surface area (Å²) in [6.07, 6.45) is 1.42. The number of amides is 1. The molecule has 2 rings (SSSR count). The molecule has 8 heteroatoms. The first kappa shape index (κ1) is 13.6. The summed E-state index contributed by atoms with van der Waals surface area (Å²) in [4.78, 5) is 16.5. The van der Waals surface area contributed by atoms with Gasteiger partial charge in [-0.15, -0.1) is 5.10 Å². The molecule has 102 valence electrons. The number of nitrogens with one attached hydrogen (secondary N) is 1. The van der Waals surface area contributed by atoms with E-state index in [9.17, 15) is 4.79 Å². The zero-order valence-electron chi connectivity index (χ0n) is 10.4. The Labute approximate surface area is 118 Å². The quantitative estimate of drug-likeness (QED) is 0.815. The zero-order chi connectivity index (χ0) is 13.8. The number of nitrogens with zero attached hydrogens (tertiary/aromatic N) is 4. The Hall–Kier alpha value is -1.83. The van der Waals surface area contributed by atoms with E-state index in [-0.39, 0.29) is 0 Å². The smallest absolute Gasteiger partial charge is 0.404 e. The second-order valence-electron chi connectivity index (χ2n) is 4.05. The van der Waals surface area contributed by atoms with Crippen molar-refractivity contribution in [3.8, 4) is 0 Å². The molecule has 0 bridgehead atoms. The van der Waals surface area contributed by atoms with Crippen LogP contribution in [0.4, 0.5) is 10.6 Å². The fourth-order valence-electron chi connectivity index (χ4n) is 1.67. The van der Waals surface area contributed by atoms with Crippen LogP contribution in [0, 0.1) is 0 Å². The minimum absolute atomic E-state index is 0.427. The summed E-state index contributed by atoms with van der Waals surface area (Å²) in [5.74, 6) is 0.807. The van der Waals surface area contributed by atoms with E-state index in [0.717, 1.165) is 16.1 Å². The number of halogens is 1. The summed E-state index contributed by atoms with van der Waals surface area (Å²) in [5.41, 5.74) is 0.775. The lowest BCUT2D eigenvalue weighted by Gasteiger charge is -2.17. The normalized spacial score (nSPS) is 10.6. The lowest BCUT2D eigenvalue weighted by atomic mass is 10.4. The van der Waals surface area contributed by atoms with Crippen LogP contribution in [0.5, 0.6) is 0 Å². The maximum absolute atomic E-state index is 10.3. The lowest BCUT2D eigenvalue weighted by Crippen LogP contribution is -2.27. The predicted molar refractivity (Wildman–Crippen MR) is 74.6 cm³/mol. The second kappa shape index (κ2) is 5.87. The number of carbonyl (C=O) groups is 1. The topological polar surface area (TPSA) is 82.8 Å². The van der Waals surface area contributed by atoms with Gasteiger partial charge in [0.1, 0.15) is 10.4 Å². The molecular weight excluding hydrogens is 314 g/mol. The number of imidazole rings is 1. The van der Waals surface area contributed by atoms with E-state index >= 15 is 0 Å².